The summed E-state index contributed by atoms with van der Waals surface area (Å²) in [6.07, 6.45) is 0. The van der Waals surface area contributed by atoms with E-state index >= 15 is 0 Å². The Morgan fingerprint density at radius 1 is 0.727 bits per heavy atom. The first-order valence-corrected chi connectivity index (χ1v) is 11.4. The maximum Gasteiger partial charge on any atom is 0.255 e. The second-order valence-electron chi connectivity index (χ2n) is 7.38. The van der Waals surface area contributed by atoms with Gasteiger partial charge in [-0.2, -0.15) is 0 Å². The molecule has 0 radical (unpaired) electrons. The van der Waals surface area contributed by atoms with E-state index in [2.05, 4.69) is 17.4 Å². The molecular weight excluding hydrogens is 428 g/mol. The third kappa shape index (κ3) is 5.00. The SMILES string of the molecule is O=C(Nc1ccc(-c2csc(-c3ccccc3)n2)cc1)c1cccc(Oc2ccccc2)c1. The highest BCUT2D eigenvalue weighted by molar-refractivity contribution is 7.13. The number of anilines is 1. The molecule has 1 aromatic heterocycles. The molecule has 0 atom stereocenters. The average Bonchev–Trinajstić information content (AvgIpc) is 3.36. The molecule has 0 aliphatic rings. The van der Waals surface area contributed by atoms with E-state index in [4.69, 9.17) is 9.72 Å². The van der Waals surface area contributed by atoms with Crippen molar-refractivity contribution in [1.29, 1.82) is 0 Å². The number of carbonyl (C=O) groups excluding carboxylic acids is 1. The summed E-state index contributed by atoms with van der Waals surface area (Å²) < 4.78 is 5.83. The highest BCUT2D eigenvalue weighted by atomic mass is 32.1. The highest BCUT2D eigenvalue weighted by Gasteiger charge is 2.10. The van der Waals surface area contributed by atoms with Crippen molar-refractivity contribution in [3.63, 3.8) is 0 Å². The average molecular weight is 449 g/mol. The zero-order valence-electron chi connectivity index (χ0n) is 17.6. The highest BCUT2D eigenvalue weighted by Crippen LogP contribution is 2.29. The Balaban J connectivity index is 1.26. The maximum atomic E-state index is 12.8. The van der Waals surface area contributed by atoms with Gasteiger partial charge in [-0.3, -0.25) is 4.79 Å². The van der Waals surface area contributed by atoms with Crippen LogP contribution in [0.2, 0.25) is 0 Å². The van der Waals surface area contributed by atoms with E-state index in [1.165, 1.54) is 0 Å². The Labute approximate surface area is 196 Å². The lowest BCUT2D eigenvalue weighted by Crippen LogP contribution is -2.11. The second-order valence-corrected chi connectivity index (χ2v) is 8.24. The minimum Gasteiger partial charge on any atom is -0.457 e. The Bertz CT molecular complexity index is 1360. The summed E-state index contributed by atoms with van der Waals surface area (Å²) in [4.78, 5) is 17.5. The van der Waals surface area contributed by atoms with Gasteiger partial charge in [0.1, 0.15) is 16.5 Å². The number of benzene rings is 4. The Hall–Kier alpha value is -4.22. The molecule has 4 nitrogen and oxygen atoms in total. The fourth-order valence-electron chi connectivity index (χ4n) is 3.37. The van der Waals surface area contributed by atoms with Crippen LogP contribution in [-0.4, -0.2) is 10.9 Å². The molecule has 0 unspecified atom stereocenters. The van der Waals surface area contributed by atoms with Crippen molar-refractivity contribution in [2.45, 2.75) is 0 Å². The van der Waals surface area contributed by atoms with Gasteiger partial charge in [0.05, 0.1) is 5.69 Å². The summed E-state index contributed by atoms with van der Waals surface area (Å²) in [5.74, 6) is 1.14. The number of nitrogens with one attached hydrogen (secondary N) is 1. The van der Waals surface area contributed by atoms with Crippen LogP contribution in [-0.2, 0) is 0 Å². The fraction of sp³-hybridized carbons (Fsp3) is 0. The summed E-state index contributed by atoms with van der Waals surface area (Å²) in [5, 5.41) is 5.98. The molecule has 0 bridgehead atoms. The Kier molecular flexibility index (Phi) is 5.95. The van der Waals surface area contributed by atoms with Gasteiger partial charge in [0, 0.05) is 27.8 Å². The van der Waals surface area contributed by atoms with Crippen LogP contribution in [0.3, 0.4) is 0 Å². The number of thiazole rings is 1. The summed E-state index contributed by atoms with van der Waals surface area (Å²) in [6.45, 7) is 0. The molecule has 0 aliphatic carbocycles. The summed E-state index contributed by atoms with van der Waals surface area (Å²) in [6, 6.07) is 34.5. The third-order valence-corrected chi connectivity index (χ3v) is 5.93. The summed E-state index contributed by atoms with van der Waals surface area (Å²) in [5.41, 5.74) is 4.28. The number of hydrogen-bond donors (Lipinski definition) is 1. The topological polar surface area (TPSA) is 51.2 Å². The van der Waals surface area contributed by atoms with Gasteiger partial charge in [-0.25, -0.2) is 4.98 Å². The van der Waals surface area contributed by atoms with E-state index in [1.54, 1.807) is 23.5 Å². The number of para-hydroxylation sites is 1. The molecular formula is C28H20N2O2S. The largest absolute Gasteiger partial charge is 0.457 e. The van der Waals surface area contributed by atoms with Crippen molar-refractivity contribution >= 4 is 22.9 Å². The normalized spacial score (nSPS) is 10.5. The molecule has 5 heteroatoms. The number of carbonyl (C=O) groups is 1. The third-order valence-electron chi connectivity index (χ3n) is 5.04. The van der Waals surface area contributed by atoms with Gasteiger partial charge in [0.25, 0.3) is 5.91 Å². The summed E-state index contributed by atoms with van der Waals surface area (Å²) in [7, 11) is 0. The van der Waals surface area contributed by atoms with Gasteiger partial charge in [-0.05, 0) is 42.5 Å². The molecule has 1 amide bonds. The van der Waals surface area contributed by atoms with Gasteiger partial charge < -0.3 is 10.1 Å². The minimum atomic E-state index is -0.193. The molecule has 5 rings (SSSR count). The van der Waals surface area contributed by atoms with Crippen molar-refractivity contribution < 1.29 is 9.53 Å². The minimum absolute atomic E-state index is 0.193. The zero-order chi connectivity index (χ0) is 22.5. The van der Waals surface area contributed by atoms with Crippen molar-refractivity contribution in [3.8, 4) is 33.3 Å². The van der Waals surface area contributed by atoms with Gasteiger partial charge in [0.15, 0.2) is 0 Å². The van der Waals surface area contributed by atoms with Crippen molar-refractivity contribution in [3.05, 3.63) is 120 Å². The van der Waals surface area contributed by atoms with Crippen molar-refractivity contribution in [2.24, 2.45) is 0 Å². The Morgan fingerprint density at radius 3 is 2.18 bits per heavy atom. The second kappa shape index (κ2) is 9.51. The monoisotopic (exact) mass is 448 g/mol. The van der Waals surface area contributed by atoms with Crippen molar-refractivity contribution in [1.82, 2.24) is 4.98 Å². The van der Waals surface area contributed by atoms with E-state index in [0.717, 1.165) is 33.3 Å². The molecule has 0 saturated carbocycles. The molecule has 33 heavy (non-hydrogen) atoms. The molecule has 0 spiro atoms. The molecule has 0 fully saturated rings. The molecule has 5 aromatic rings. The van der Waals surface area contributed by atoms with Crippen LogP contribution in [0.4, 0.5) is 5.69 Å². The first kappa shape index (κ1) is 20.7. The number of hydrogen-bond acceptors (Lipinski definition) is 4. The number of nitrogens with zero attached hydrogens (tertiary/aromatic N) is 1. The van der Waals surface area contributed by atoms with Crippen LogP contribution < -0.4 is 10.1 Å². The smallest absolute Gasteiger partial charge is 0.255 e. The molecule has 1 heterocycles. The standard InChI is InChI=1S/C28H20N2O2S/c31-27(22-10-7-13-25(18-22)32-24-11-5-2-6-12-24)29-23-16-14-20(15-17-23)26-19-33-28(30-26)21-8-3-1-4-9-21/h1-19H,(H,29,31). The van der Waals surface area contributed by atoms with Crippen LogP contribution in [0, 0.1) is 0 Å². The molecule has 1 N–H and O–H groups in total. The molecule has 0 saturated heterocycles. The van der Waals surface area contributed by atoms with Crippen molar-refractivity contribution in [2.75, 3.05) is 5.32 Å². The van der Waals surface area contributed by atoms with Crippen LogP contribution >= 0.6 is 11.3 Å². The van der Waals surface area contributed by atoms with E-state index < -0.39 is 0 Å². The Morgan fingerprint density at radius 2 is 1.42 bits per heavy atom. The molecule has 0 aliphatic heterocycles. The predicted octanol–water partition coefficient (Wildman–Crippen LogP) is 7.52. The van der Waals surface area contributed by atoms with Crippen LogP contribution in [0.25, 0.3) is 21.8 Å². The predicted molar refractivity (Wildman–Crippen MR) is 134 cm³/mol. The molecule has 4 aromatic carbocycles. The first-order chi connectivity index (χ1) is 16.2. The van der Waals surface area contributed by atoms with E-state index in [0.29, 0.717) is 11.3 Å². The van der Waals surface area contributed by atoms with Crippen LogP contribution in [0.1, 0.15) is 10.4 Å². The van der Waals surface area contributed by atoms with Gasteiger partial charge in [-0.1, -0.05) is 66.7 Å². The fourth-order valence-corrected chi connectivity index (χ4v) is 4.21. The van der Waals surface area contributed by atoms with Gasteiger partial charge in [-0.15, -0.1) is 11.3 Å². The lowest BCUT2D eigenvalue weighted by molar-refractivity contribution is 0.102. The summed E-state index contributed by atoms with van der Waals surface area (Å²) >= 11 is 1.62. The lowest BCUT2D eigenvalue weighted by Gasteiger charge is -2.09. The van der Waals surface area contributed by atoms with Crippen LogP contribution in [0.5, 0.6) is 11.5 Å². The quantitative estimate of drug-likeness (QED) is 0.292. The lowest BCUT2D eigenvalue weighted by atomic mass is 10.1. The first-order valence-electron chi connectivity index (χ1n) is 10.5. The van der Waals surface area contributed by atoms with Gasteiger partial charge in [0.2, 0.25) is 0 Å². The number of rotatable bonds is 6. The van der Waals surface area contributed by atoms with Gasteiger partial charge >= 0.3 is 0 Å². The van der Waals surface area contributed by atoms with E-state index in [9.17, 15) is 4.79 Å². The molecule has 160 valence electrons. The van der Waals surface area contributed by atoms with Crippen LogP contribution in [0.15, 0.2) is 115 Å². The number of ether oxygens (including phenoxy) is 1. The van der Waals surface area contributed by atoms with E-state index in [1.807, 2.05) is 90.3 Å². The number of aromatic nitrogens is 1. The zero-order valence-corrected chi connectivity index (χ0v) is 18.5. The van der Waals surface area contributed by atoms with E-state index in [-0.39, 0.29) is 5.91 Å². The number of amides is 1. The maximum absolute atomic E-state index is 12.8.